The molecule has 0 radical (unpaired) electrons. The molecule has 104 valence electrons. The van der Waals surface area contributed by atoms with Gasteiger partial charge in [-0.1, -0.05) is 25.6 Å². The van der Waals surface area contributed by atoms with Gasteiger partial charge in [0.15, 0.2) is 0 Å². The molecule has 1 fully saturated rings. The molecular formula is C14H22N4S. The Labute approximate surface area is 120 Å². The smallest absolute Gasteiger partial charge is 0.225 e. The molecule has 0 amide bonds. The minimum atomic E-state index is 0.326. The highest BCUT2D eigenvalue weighted by atomic mass is 32.1. The minimum Gasteiger partial charge on any atom is -0.388 e. The minimum absolute atomic E-state index is 0.326. The molecule has 1 heterocycles. The van der Waals surface area contributed by atoms with Gasteiger partial charge in [0.1, 0.15) is 10.7 Å². The summed E-state index contributed by atoms with van der Waals surface area (Å²) >= 11 is 4.96. The second kappa shape index (κ2) is 6.28. The third kappa shape index (κ3) is 3.41. The maximum atomic E-state index is 5.62. The van der Waals surface area contributed by atoms with Crippen molar-refractivity contribution in [2.75, 3.05) is 11.9 Å². The van der Waals surface area contributed by atoms with E-state index < -0.39 is 0 Å². The highest BCUT2D eigenvalue weighted by molar-refractivity contribution is 7.80. The molecule has 1 saturated carbocycles. The predicted molar refractivity (Wildman–Crippen MR) is 82.4 cm³/mol. The van der Waals surface area contributed by atoms with Crippen molar-refractivity contribution in [3.05, 3.63) is 18.0 Å². The average Bonchev–Trinajstić information content (AvgIpc) is 2.46. The fourth-order valence-electron chi connectivity index (χ4n) is 2.76. The van der Waals surface area contributed by atoms with E-state index in [1.807, 2.05) is 0 Å². The molecule has 19 heavy (non-hydrogen) atoms. The zero-order chi connectivity index (χ0) is 13.8. The van der Waals surface area contributed by atoms with Crippen LogP contribution in [0.4, 0.5) is 5.95 Å². The Morgan fingerprint density at radius 1 is 1.42 bits per heavy atom. The van der Waals surface area contributed by atoms with Gasteiger partial charge in [-0.2, -0.15) is 0 Å². The summed E-state index contributed by atoms with van der Waals surface area (Å²) in [4.78, 5) is 11.3. The van der Waals surface area contributed by atoms with Crippen LogP contribution in [0.1, 0.15) is 44.7 Å². The van der Waals surface area contributed by atoms with E-state index in [9.17, 15) is 0 Å². The molecular weight excluding hydrogens is 256 g/mol. The summed E-state index contributed by atoms with van der Waals surface area (Å²) < 4.78 is 0. The lowest BCUT2D eigenvalue weighted by atomic mass is 9.84. The number of nitrogens with two attached hydrogens (primary N) is 1. The molecule has 4 nitrogen and oxygen atoms in total. The van der Waals surface area contributed by atoms with Gasteiger partial charge in [-0.15, -0.1) is 0 Å². The number of thiocarbonyl (C=S) groups is 1. The van der Waals surface area contributed by atoms with Crippen molar-refractivity contribution >= 4 is 23.2 Å². The Kier molecular flexibility index (Phi) is 4.69. The van der Waals surface area contributed by atoms with Crippen molar-refractivity contribution < 1.29 is 0 Å². The van der Waals surface area contributed by atoms with Crippen LogP contribution >= 0.6 is 12.2 Å². The summed E-state index contributed by atoms with van der Waals surface area (Å²) in [7, 11) is 2.07. The highest BCUT2D eigenvalue weighted by Crippen LogP contribution is 2.30. The standard InChI is InChI=1S/C14H22N4S/c1-3-10-4-6-11(7-5-10)18(2)14-16-9-8-12(17-14)13(15)19/h8-11H,3-7H2,1-2H3,(H2,15,19). The molecule has 0 aromatic carbocycles. The van der Waals surface area contributed by atoms with E-state index in [0.29, 0.717) is 16.7 Å². The van der Waals surface area contributed by atoms with Gasteiger partial charge in [-0.05, 0) is 37.7 Å². The first kappa shape index (κ1) is 14.2. The molecule has 5 heteroatoms. The maximum absolute atomic E-state index is 5.62. The zero-order valence-corrected chi connectivity index (χ0v) is 12.5. The average molecular weight is 278 g/mol. The van der Waals surface area contributed by atoms with E-state index in [4.69, 9.17) is 18.0 Å². The van der Waals surface area contributed by atoms with Crippen molar-refractivity contribution in [2.24, 2.45) is 11.7 Å². The van der Waals surface area contributed by atoms with E-state index >= 15 is 0 Å². The third-order valence-electron chi connectivity index (χ3n) is 4.15. The lowest BCUT2D eigenvalue weighted by Crippen LogP contribution is -2.36. The van der Waals surface area contributed by atoms with Crippen LogP contribution in [0.25, 0.3) is 0 Å². The summed E-state index contributed by atoms with van der Waals surface area (Å²) in [5.74, 6) is 1.62. The molecule has 0 saturated heterocycles. The van der Waals surface area contributed by atoms with Crippen molar-refractivity contribution in [3.8, 4) is 0 Å². The number of hydrogen-bond donors (Lipinski definition) is 1. The molecule has 1 aromatic rings. The fourth-order valence-corrected chi connectivity index (χ4v) is 2.87. The van der Waals surface area contributed by atoms with E-state index in [-0.39, 0.29) is 0 Å². The van der Waals surface area contributed by atoms with Crippen LogP contribution in [0, 0.1) is 5.92 Å². The van der Waals surface area contributed by atoms with E-state index in [1.54, 1.807) is 12.3 Å². The van der Waals surface area contributed by atoms with Crippen LogP contribution in [-0.2, 0) is 0 Å². The number of aromatic nitrogens is 2. The molecule has 1 aromatic heterocycles. The van der Waals surface area contributed by atoms with Crippen LogP contribution < -0.4 is 10.6 Å². The Balaban J connectivity index is 2.05. The first-order chi connectivity index (χ1) is 9.11. The Bertz CT molecular complexity index is 441. The van der Waals surface area contributed by atoms with Crippen LogP contribution in [0.3, 0.4) is 0 Å². The van der Waals surface area contributed by atoms with Crippen LogP contribution in [0.2, 0.25) is 0 Å². The van der Waals surface area contributed by atoms with E-state index in [0.717, 1.165) is 11.9 Å². The number of hydrogen-bond acceptors (Lipinski definition) is 4. The Morgan fingerprint density at radius 3 is 2.68 bits per heavy atom. The van der Waals surface area contributed by atoms with Gasteiger partial charge >= 0.3 is 0 Å². The summed E-state index contributed by atoms with van der Waals surface area (Å²) in [6.45, 7) is 2.28. The first-order valence-electron chi connectivity index (χ1n) is 6.97. The molecule has 0 atom stereocenters. The lowest BCUT2D eigenvalue weighted by Gasteiger charge is -2.34. The molecule has 2 N–H and O–H groups in total. The normalized spacial score (nSPS) is 23.1. The Morgan fingerprint density at radius 2 is 2.11 bits per heavy atom. The molecule has 0 spiro atoms. The maximum Gasteiger partial charge on any atom is 0.225 e. The van der Waals surface area contributed by atoms with E-state index in [2.05, 4.69) is 28.8 Å². The quantitative estimate of drug-likeness (QED) is 0.858. The lowest BCUT2D eigenvalue weighted by molar-refractivity contribution is 0.312. The van der Waals surface area contributed by atoms with E-state index in [1.165, 1.54) is 32.1 Å². The van der Waals surface area contributed by atoms with Gasteiger partial charge in [0.25, 0.3) is 0 Å². The first-order valence-corrected chi connectivity index (χ1v) is 7.38. The van der Waals surface area contributed by atoms with Gasteiger partial charge in [-0.25, -0.2) is 9.97 Å². The monoisotopic (exact) mass is 278 g/mol. The third-order valence-corrected chi connectivity index (χ3v) is 4.36. The molecule has 0 aliphatic heterocycles. The van der Waals surface area contributed by atoms with Crippen LogP contribution in [-0.4, -0.2) is 28.0 Å². The second-order valence-electron chi connectivity index (χ2n) is 5.30. The summed E-state index contributed by atoms with van der Waals surface area (Å²) in [5, 5.41) is 0. The molecule has 1 aliphatic carbocycles. The van der Waals surface area contributed by atoms with Gasteiger partial charge in [0.2, 0.25) is 5.95 Å². The van der Waals surface area contributed by atoms with Crippen LogP contribution in [0.5, 0.6) is 0 Å². The van der Waals surface area contributed by atoms with Crippen molar-refractivity contribution in [1.29, 1.82) is 0 Å². The number of rotatable bonds is 4. The second-order valence-corrected chi connectivity index (χ2v) is 5.74. The molecule has 1 aliphatic rings. The molecule has 0 bridgehead atoms. The SMILES string of the molecule is CCC1CCC(N(C)c2nccc(C(N)=S)n2)CC1. The summed E-state index contributed by atoms with van der Waals surface area (Å²) in [6.07, 6.45) is 8.07. The van der Waals surface area contributed by atoms with Gasteiger partial charge in [-0.3, -0.25) is 0 Å². The van der Waals surface area contributed by atoms with Gasteiger partial charge in [0, 0.05) is 19.3 Å². The summed E-state index contributed by atoms with van der Waals surface area (Å²) in [5.41, 5.74) is 6.27. The van der Waals surface area contributed by atoms with Crippen molar-refractivity contribution in [2.45, 2.75) is 45.1 Å². The largest absolute Gasteiger partial charge is 0.388 e. The van der Waals surface area contributed by atoms with Crippen molar-refractivity contribution in [1.82, 2.24) is 9.97 Å². The van der Waals surface area contributed by atoms with Gasteiger partial charge in [0.05, 0.1) is 0 Å². The molecule has 2 rings (SSSR count). The molecule has 0 unspecified atom stereocenters. The summed E-state index contributed by atoms with van der Waals surface area (Å²) in [6, 6.07) is 2.29. The van der Waals surface area contributed by atoms with Gasteiger partial charge < -0.3 is 10.6 Å². The zero-order valence-electron chi connectivity index (χ0n) is 11.7. The highest BCUT2D eigenvalue weighted by Gasteiger charge is 2.24. The van der Waals surface area contributed by atoms with Crippen molar-refractivity contribution in [3.63, 3.8) is 0 Å². The Hall–Kier alpha value is -1.23. The fraction of sp³-hybridized carbons (Fsp3) is 0.643. The topological polar surface area (TPSA) is 55.0 Å². The predicted octanol–water partition coefficient (Wildman–Crippen LogP) is 2.52. The van der Waals surface area contributed by atoms with Crippen LogP contribution in [0.15, 0.2) is 12.3 Å². The number of anilines is 1. The number of nitrogens with zero attached hydrogens (tertiary/aromatic N) is 3.